The highest BCUT2D eigenvalue weighted by molar-refractivity contribution is 9.11. The maximum Gasteiger partial charge on any atom is 0.261 e. The van der Waals surface area contributed by atoms with Gasteiger partial charge in [-0.2, -0.15) is 0 Å². The minimum absolute atomic E-state index is 0.0404. The second-order valence-electron chi connectivity index (χ2n) is 4.37. The van der Waals surface area contributed by atoms with E-state index < -0.39 is 0 Å². The van der Waals surface area contributed by atoms with E-state index >= 15 is 0 Å². The quantitative estimate of drug-likeness (QED) is 0.647. The molecule has 0 atom stereocenters. The number of halogens is 2. The van der Waals surface area contributed by atoms with Gasteiger partial charge in [0, 0.05) is 5.02 Å². The van der Waals surface area contributed by atoms with E-state index in [4.69, 9.17) is 11.6 Å². The Labute approximate surface area is 137 Å². The summed E-state index contributed by atoms with van der Waals surface area (Å²) in [5.41, 5.74) is 0.290. The lowest BCUT2D eigenvalue weighted by atomic mass is 10.2. The maximum atomic E-state index is 12.4. The Morgan fingerprint density at radius 2 is 2.14 bits per heavy atom. The lowest BCUT2D eigenvalue weighted by molar-refractivity contribution is 0.0974. The van der Waals surface area contributed by atoms with Gasteiger partial charge in [-0.15, -0.1) is 11.3 Å². The van der Waals surface area contributed by atoms with Crippen molar-refractivity contribution in [2.75, 3.05) is 0 Å². The summed E-state index contributed by atoms with van der Waals surface area (Å²) < 4.78 is 2.18. The minimum Gasteiger partial charge on any atom is -0.291 e. The van der Waals surface area contributed by atoms with Crippen LogP contribution in [-0.4, -0.2) is 15.3 Å². The standard InChI is InChI=1S/C14H8BrClN2O2S/c15-13-4-3-12(21-13)11(19)6-18-7-17-10-2-1-8(16)5-9(10)14(18)20/h1-5,7H,6H2. The number of rotatable bonds is 3. The summed E-state index contributed by atoms with van der Waals surface area (Å²) in [5.74, 6) is -0.129. The van der Waals surface area contributed by atoms with E-state index in [0.29, 0.717) is 20.8 Å². The number of hydrogen-bond acceptors (Lipinski definition) is 4. The van der Waals surface area contributed by atoms with E-state index in [1.54, 1.807) is 30.3 Å². The molecule has 21 heavy (non-hydrogen) atoms. The molecular weight excluding hydrogens is 376 g/mol. The van der Waals surface area contributed by atoms with E-state index in [-0.39, 0.29) is 17.9 Å². The van der Waals surface area contributed by atoms with E-state index in [2.05, 4.69) is 20.9 Å². The van der Waals surface area contributed by atoms with Crippen LogP contribution in [0.5, 0.6) is 0 Å². The van der Waals surface area contributed by atoms with Crippen LogP contribution in [0, 0.1) is 0 Å². The van der Waals surface area contributed by atoms with Gasteiger partial charge in [-0.1, -0.05) is 11.6 Å². The number of fused-ring (bicyclic) bond motifs is 1. The largest absolute Gasteiger partial charge is 0.291 e. The zero-order chi connectivity index (χ0) is 15.0. The van der Waals surface area contributed by atoms with Crippen LogP contribution < -0.4 is 5.56 Å². The molecule has 2 heterocycles. The first-order chi connectivity index (χ1) is 10.0. The Morgan fingerprint density at radius 1 is 1.33 bits per heavy atom. The molecule has 3 rings (SSSR count). The second kappa shape index (κ2) is 5.71. The van der Waals surface area contributed by atoms with Crippen LogP contribution in [0.2, 0.25) is 5.02 Å². The minimum atomic E-state index is -0.272. The summed E-state index contributed by atoms with van der Waals surface area (Å²) in [7, 11) is 0. The topological polar surface area (TPSA) is 52.0 Å². The third-order valence-electron chi connectivity index (χ3n) is 2.95. The average Bonchev–Trinajstić information content (AvgIpc) is 2.89. The van der Waals surface area contributed by atoms with E-state index in [9.17, 15) is 9.59 Å². The zero-order valence-electron chi connectivity index (χ0n) is 10.5. The number of carbonyl (C=O) groups is 1. The predicted octanol–water partition coefficient (Wildman–Crippen LogP) is 3.76. The number of aromatic nitrogens is 2. The average molecular weight is 384 g/mol. The van der Waals surface area contributed by atoms with Gasteiger partial charge in [-0.05, 0) is 46.3 Å². The Kier molecular flexibility index (Phi) is 3.93. The zero-order valence-corrected chi connectivity index (χ0v) is 13.7. The molecule has 3 aromatic rings. The number of thiophene rings is 1. The molecule has 0 radical (unpaired) electrons. The first kappa shape index (κ1) is 14.4. The molecule has 2 aromatic heterocycles. The Bertz CT molecular complexity index is 903. The third kappa shape index (κ3) is 2.92. The highest BCUT2D eigenvalue weighted by Crippen LogP contribution is 2.22. The monoisotopic (exact) mass is 382 g/mol. The van der Waals surface area contributed by atoms with Crippen molar-refractivity contribution in [2.24, 2.45) is 0 Å². The summed E-state index contributed by atoms with van der Waals surface area (Å²) in [5, 5.41) is 0.873. The number of nitrogens with zero attached hydrogens (tertiary/aromatic N) is 2. The van der Waals surface area contributed by atoms with Crippen LogP contribution in [0.1, 0.15) is 9.67 Å². The molecule has 0 fully saturated rings. The number of benzene rings is 1. The van der Waals surface area contributed by atoms with Gasteiger partial charge < -0.3 is 0 Å². The fourth-order valence-corrected chi connectivity index (χ4v) is 3.43. The molecule has 106 valence electrons. The molecule has 0 spiro atoms. The van der Waals surface area contributed by atoms with Gasteiger partial charge in [0.15, 0.2) is 5.78 Å². The first-order valence-electron chi connectivity index (χ1n) is 5.98. The Balaban J connectivity index is 1.99. The molecule has 0 aliphatic rings. The molecule has 4 nitrogen and oxygen atoms in total. The molecule has 1 aromatic carbocycles. The van der Waals surface area contributed by atoms with E-state index in [1.807, 2.05) is 0 Å². The van der Waals surface area contributed by atoms with Crippen molar-refractivity contribution in [1.29, 1.82) is 0 Å². The van der Waals surface area contributed by atoms with Gasteiger partial charge >= 0.3 is 0 Å². The molecule has 0 aliphatic heterocycles. The van der Waals surface area contributed by atoms with Crippen LogP contribution in [0.25, 0.3) is 10.9 Å². The number of Topliss-reactive ketones (excluding diaryl/α,β-unsaturated/α-hetero) is 1. The van der Waals surface area contributed by atoms with Gasteiger partial charge in [0.1, 0.15) is 0 Å². The van der Waals surface area contributed by atoms with Crippen molar-refractivity contribution in [1.82, 2.24) is 9.55 Å². The molecule has 0 bridgehead atoms. The fourth-order valence-electron chi connectivity index (χ4n) is 1.94. The second-order valence-corrected chi connectivity index (χ2v) is 7.27. The summed E-state index contributed by atoms with van der Waals surface area (Å²) in [6.45, 7) is -0.0404. The molecule has 0 saturated heterocycles. The lowest BCUT2D eigenvalue weighted by Gasteiger charge is -2.05. The van der Waals surface area contributed by atoms with Crippen LogP contribution >= 0.6 is 38.9 Å². The Hall–Kier alpha value is -1.50. The predicted molar refractivity (Wildman–Crippen MR) is 87.4 cm³/mol. The van der Waals surface area contributed by atoms with Crippen molar-refractivity contribution < 1.29 is 4.79 Å². The molecule has 7 heteroatoms. The highest BCUT2D eigenvalue weighted by Gasteiger charge is 2.12. The van der Waals surface area contributed by atoms with Crippen molar-refractivity contribution in [3.05, 3.63) is 60.7 Å². The third-order valence-corrected chi connectivity index (χ3v) is 4.85. The SMILES string of the molecule is O=C(Cn1cnc2ccc(Cl)cc2c1=O)c1ccc(Br)s1. The van der Waals surface area contributed by atoms with Gasteiger partial charge in [-0.3, -0.25) is 14.2 Å². The summed E-state index contributed by atoms with van der Waals surface area (Å²) in [4.78, 5) is 29.3. The summed E-state index contributed by atoms with van der Waals surface area (Å²) in [6.07, 6.45) is 1.39. The lowest BCUT2D eigenvalue weighted by Crippen LogP contribution is -2.24. The molecule has 0 saturated carbocycles. The molecular formula is C14H8BrClN2O2S. The van der Waals surface area contributed by atoms with Gasteiger partial charge in [0.25, 0.3) is 5.56 Å². The molecule has 0 aliphatic carbocycles. The number of hydrogen-bond donors (Lipinski definition) is 0. The van der Waals surface area contributed by atoms with Gasteiger partial charge in [0.2, 0.25) is 0 Å². The summed E-state index contributed by atoms with van der Waals surface area (Å²) in [6, 6.07) is 8.46. The van der Waals surface area contributed by atoms with Crippen LogP contribution in [0.3, 0.4) is 0 Å². The van der Waals surface area contributed by atoms with E-state index in [0.717, 1.165) is 3.79 Å². The first-order valence-corrected chi connectivity index (χ1v) is 7.96. The van der Waals surface area contributed by atoms with Crippen LogP contribution in [-0.2, 0) is 6.54 Å². The van der Waals surface area contributed by atoms with Crippen LogP contribution in [0.15, 0.2) is 45.2 Å². The van der Waals surface area contributed by atoms with Crippen LogP contribution in [0.4, 0.5) is 0 Å². The molecule has 0 amide bonds. The van der Waals surface area contributed by atoms with Crippen molar-refractivity contribution in [3.8, 4) is 0 Å². The van der Waals surface area contributed by atoms with Gasteiger partial charge in [0.05, 0.1) is 32.4 Å². The number of ketones is 1. The van der Waals surface area contributed by atoms with Crippen molar-refractivity contribution in [2.45, 2.75) is 6.54 Å². The fraction of sp³-hybridized carbons (Fsp3) is 0.0714. The Morgan fingerprint density at radius 3 is 2.86 bits per heavy atom. The molecule has 0 unspecified atom stereocenters. The maximum absolute atomic E-state index is 12.4. The number of carbonyl (C=O) groups excluding carboxylic acids is 1. The highest BCUT2D eigenvalue weighted by atomic mass is 79.9. The van der Waals surface area contributed by atoms with E-state index in [1.165, 1.54) is 22.2 Å². The smallest absolute Gasteiger partial charge is 0.261 e. The van der Waals surface area contributed by atoms with Gasteiger partial charge in [-0.25, -0.2) is 4.98 Å². The normalized spacial score (nSPS) is 11.0. The van der Waals surface area contributed by atoms with Crippen molar-refractivity contribution in [3.63, 3.8) is 0 Å². The summed E-state index contributed by atoms with van der Waals surface area (Å²) >= 11 is 10.5. The van der Waals surface area contributed by atoms with Crippen molar-refractivity contribution >= 4 is 55.6 Å². The molecule has 0 N–H and O–H groups in total.